The van der Waals surface area contributed by atoms with Crippen molar-refractivity contribution in [3.63, 3.8) is 0 Å². The molecule has 2 unspecified atom stereocenters. The molecule has 4 aromatic rings. The molecular weight excluding hydrogens is 691 g/mol. The average Bonchev–Trinajstić information content (AvgIpc) is 3.10. The lowest BCUT2D eigenvalue weighted by Gasteiger charge is -2.36. The van der Waals surface area contributed by atoms with Crippen LogP contribution < -0.4 is 11.5 Å². The molecule has 50 heavy (non-hydrogen) atoms. The first-order chi connectivity index (χ1) is 24.3. The molecule has 0 saturated heterocycles. The van der Waals surface area contributed by atoms with Crippen LogP contribution >= 0.6 is 34.8 Å². The lowest BCUT2D eigenvalue weighted by Crippen LogP contribution is -2.37. The molecular formula is C40H47Cl3N4O3. The third kappa shape index (κ3) is 9.32. The van der Waals surface area contributed by atoms with E-state index in [-0.39, 0.29) is 11.8 Å². The van der Waals surface area contributed by atoms with Crippen molar-refractivity contribution in [3.05, 3.63) is 127 Å². The van der Waals surface area contributed by atoms with Crippen molar-refractivity contribution in [2.24, 2.45) is 0 Å². The molecule has 0 saturated carbocycles. The van der Waals surface area contributed by atoms with Crippen LogP contribution in [0.1, 0.15) is 57.7 Å². The number of benzene rings is 4. The second-order valence-electron chi connectivity index (χ2n) is 13.2. The van der Waals surface area contributed by atoms with Crippen molar-refractivity contribution in [3.8, 4) is 0 Å². The summed E-state index contributed by atoms with van der Waals surface area (Å²) in [4.78, 5) is 4.80. The highest BCUT2D eigenvalue weighted by Crippen LogP contribution is 2.40. The van der Waals surface area contributed by atoms with E-state index in [4.69, 9.17) is 60.5 Å². The fourth-order valence-electron chi connectivity index (χ4n) is 7.18. The van der Waals surface area contributed by atoms with E-state index < -0.39 is 0 Å². The molecule has 266 valence electrons. The number of ether oxygens (including phenoxy) is 3. The molecule has 0 aliphatic carbocycles. The van der Waals surface area contributed by atoms with Crippen molar-refractivity contribution in [1.82, 2.24) is 9.80 Å². The number of anilines is 2. The molecule has 2 heterocycles. The summed E-state index contributed by atoms with van der Waals surface area (Å²) in [6, 6.07) is 24.5. The zero-order valence-electron chi connectivity index (χ0n) is 28.7. The molecule has 2 aliphatic rings. The second kappa shape index (κ2) is 17.6. The quantitative estimate of drug-likeness (QED) is 0.0945. The molecule has 10 heteroatoms. The molecule has 4 N–H and O–H groups in total. The minimum atomic E-state index is 0.129. The molecule has 0 aromatic heterocycles. The van der Waals surface area contributed by atoms with Gasteiger partial charge in [0, 0.05) is 77.5 Å². The Kier molecular flexibility index (Phi) is 13.0. The van der Waals surface area contributed by atoms with Gasteiger partial charge >= 0.3 is 0 Å². The number of rotatable bonds is 15. The second-order valence-corrected chi connectivity index (χ2v) is 14.5. The van der Waals surface area contributed by atoms with Gasteiger partial charge in [0.1, 0.15) is 0 Å². The van der Waals surface area contributed by atoms with E-state index in [0.717, 1.165) is 73.2 Å². The smallest absolute Gasteiger partial charge is 0.0701 e. The van der Waals surface area contributed by atoms with Gasteiger partial charge in [-0.1, -0.05) is 72.1 Å². The fourth-order valence-corrected chi connectivity index (χ4v) is 8.06. The summed E-state index contributed by atoms with van der Waals surface area (Å²) in [5, 5.41) is 2.19. The van der Waals surface area contributed by atoms with Gasteiger partial charge in [0.15, 0.2) is 0 Å². The van der Waals surface area contributed by atoms with Crippen LogP contribution in [0, 0.1) is 0 Å². The summed E-state index contributed by atoms with van der Waals surface area (Å²) in [7, 11) is 0. The van der Waals surface area contributed by atoms with Crippen molar-refractivity contribution >= 4 is 46.2 Å². The van der Waals surface area contributed by atoms with E-state index in [0.29, 0.717) is 49.7 Å². The van der Waals surface area contributed by atoms with E-state index >= 15 is 0 Å². The average molecular weight is 738 g/mol. The number of hydrogen-bond acceptors (Lipinski definition) is 7. The highest BCUT2D eigenvalue weighted by atomic mass is 35.5. The third-order valence-corrected chi connectivity index (χ3v) is 10.7. The minimum Gasteiger partial charge on any atom is -0.399 e. The zero-order chi connectivity index (χ0) is 35.0. The third-order valence-electron chi connectivity index (χ3n) is 9.76. The Hall–Kier alpha value is -2.85. The molecule has 4 aromatic carbocycles. The maximum atomic E-state index is 6.82. The Balaban J connectivity index is 0.899. The SMILES string of the molecule is CCc1cc(Cl)c2c(c1)C(c1cccc(N)c1)CN(CCOCCOCCOCCN1Cc3c(Cl)cc(Cl)cc3C(c3cccc(N)c3)C1)C2. The lowest BCUT2D eigenvalue weighted by molar-refractivity contribution is 0.00568. The van der Waals surface area contributed by atoms with Gasteiger partial charge in [-0.25, -0.2) is 0 Å². The first-order valence-corrected chi connectivity index (χ1v) is 18.6. The van der Waals surface area contributed by atoms with E-state index in [1.165, 1.54) is 27.8 Å². The summed E-state index contributed by atoms with van der Waals surface area (Å²) < 4.78 is 17.7. The number of hydrogen-bond donors (Lipinski definition) is 2. The number of nitrogens with zero attached hydrogens (tertiary/aromatic N) is 2. The highest BCUT2D eigenvalue weighted by Gasteiger charge is 2.30. The van der Waals surface area contributed by atoms with Crippen molar-refractivity contribution in [2.45, 2.75) is 38.3 Å². The van der Waals surface area contributed by atoms with Gasteiger partial charge in [-0.2, -0.15) is 0 Å². The van der Waals surface area contributed by atoms with E-state index in [2.05, 4.69) is 47.1 Å². The highest BCUT2D eigenvalue weighted by molar-refractivity contribution is 6.35. The molecule has 0 bridgehead atoms. The lowest BCUT2D eigenvalue weighted by atomic mass is 9.83. The van der Waals surface area contributed by atoms with Gasteiger partial charge < -0.3 is 25.7 Å². The Bertz CT molecular complexity index is 1760. The van der Waals surface area contributed by atoms with Gasteiger partial charge in [-0.15, -0.1) is 0 Å². The maximum Gasteiger partial charge on any atom is 0.0701 e. The summed E-state index contributed by atoms with van der Waals surface area (Å²) in [5.74, 6) is 0.339. The molecule has 6 rings (SSSR count). The van der Waals surface area contributed by atoms with Crippen LogP contribution in [0.2, 0.25) is 15.1 Å². The first-order valence-electron chi connectivity index (χ1n) is 17.5. The minimum absolute atomic E-state index is 0.129. The van der Waals surface area contributed by atoms with E-state index in [9.17, 15) is 0 Å². The Morgan fingerprint density at radius 2 is 1.10 bits per heavy atom. The molecule has 0 fully saturated rings. The monoisotopic (exact) mass is 736 g/mol. The van der Waals surface area contributed by atoms with Crippen LogP contribution in [0.4, 0.5) is 11.4 Å². The van der Waals surface area contributed by atoms with Crippen LogP contribution in [0.5, 0.6) is 0 Å². The van der Waals surface area contributed by atoms with Crippen LogP contribution in [-0.4, -0.2) is 75.6 Å². The van der Waals surface area contributed by atoms with Crippen LogP contribution in [0.3, 0.4) is 0 Å². The summed E-state index contributed by atoms with van der Waals surface area (Å²) in [5.41, 5.74) is 22.2. The van der Waals surface area contributed by atoms with Gasteiger partial charge in [0.25, 0.3) is 0 Å². The van der Waals surface area contributed by atoms with Crippen molar-refractivity contribution in [1.29, 1.82) is 0 Å². The van der Waals surface area contributed by atoms with Crippen LogP contribution in [0.15, 0.2) is 72.8 Å². The Morgan fingerprint density at radius 1 is 0.620 bits per heavy atom. The zero-order valence-corrected chi connectivity index (χ0v) is 31.0. The number of nitrogens with two attached hydrogens (primary N) is 2. The number of halogens is 3. The molecule has 2 aliphatic heterocycles. The summed E-state index contributed by atoms with van der Waals surface area (Å²) in [6.07, 6.45) is 0.953. The van der Waals surface area contributed by atoms with Crippen molar-refractivity contribution < 1.29 is 14.2 Å². The fraction of sp³-hybridized carbons (Fsp3) is 0.400. The number of fused-ring (bicyclic) bond motifs is 2. The molecule has 0 radical (unpaired) electrons. The maximum absolute atomic E-state index is 6.82. The standard InChI is InChI=1S/C40H47Cl3N4O3/c1-2-27-17-33-35(28-5-3-7-31(44)19-28)23-46(25-37(33)39(42)18-27)9-11-48-13-15-50-16-14-49-12-10-47-24-36(29-6-4-8-32(45)20-29)34-21-30(41)22-40(43)38(34)26-47/h3-8,17-22,35-36H,2,9-16,23-26,44-45H2,1H3. The molecule has 2 atom stereocenters. The van der Waals surface area contributed by atoms with E-state index in [1.807, 2.05) is 42.5 Å². The van der Waals surface area contributed by atoms with Crippen LogP contribution in [0.25, 0.3) is 0 Å². The molecule has 7 nitrogen and oxygen atoms in total. The number of aryl methyl sites for hydroxylation is 1. The Morgan fingerprint density at radius 3 is 1.60 bits per heavy atom. The predicted octanol–water partition coefficient (Wildman–Crippen LogP) is 8.02. The summed E-state index contributed by atoms with van der Waals surface area (Å²) >= 11 is 19.9. The van der Waals surface area contributed by atoms with Gasteiger partial charge in [0.2, 0.25) is 0 Å². The van der Waals surface area contributed by atoms with Gasteiger partial charge in [-0.05, 0) is 87.8 Å². The molecule has 0 spiro atoms. The topological polar surface area (TPSA) is 86.2 Å². The van der Waals surface area contributed by atoms with Crippen molar-refractivity contribution in [2.75, 3.05) is 77.3 Å². The largest absolute Gasteiger partial charge is 0.399 e. The van der Waals surface area contributed by atoms with Gasteiger partial charge in [-0.3, -0.25) is 9.80 Å². The normalized spacial score (nSPS) is 17.8. The van der Waals surface area contributed by atoms with E-state index in [1.54, 1.807) is 0 Å². The summed E-state index contributed by atoms with van der Waals surface area (Å²) in [6.45, 7) is 10.4. The van der Waals surface area contributed by atoms with Gasteiger partial charge in [0.05, 0.1) is 39.6 Å². The predicted molar refractivity (Wildman–Crippen MR) is 206 cm³/mol. The Labute approximate surface area is 311 Å². The number of nitrogen functional groups attached to an aromatic ring is 2. The van der Waals surface area contributed by atoms with Crippen LogP contribution in [-0.2, 0) is 33.7 Å². The molecule has 0 amide bonds. The first kappa shape index (κ1) is 36.9.